The predicted octanol–water partition coefficient (Wildman–Crippen LogP) is -3.38. The van der Waals surface area contributed by atoms with Crippen LogP contribution in [0, 0.1) is 0 Å². The van der Waals surface area contributed by atoms with Gasteiger partial charge < -0.3 is 2.85 Å². The summed E-state index contributed by atoms with van der Waals surface area (Å²) in [6.45, 7) is 0. The summed E-state index contributed by atoms with van der Waals surface area (Å²) in [6.07, 6.45) is 0. The standard InChI is InChI=1S/BHO2.Ba.3H2O.O.Sb.2H/c2-1-3;;;;;;;;/h2H;;3*1H2;;;;/q;+2;;;;;+3;2*-1/p-3. The summed E-state index contributed by atoms with van der Waals surface area (Å²) in [6, 6.07) is 0. The third-order valence-corrected chi connectivity index (χ3v) is 0. The van der Waals surface area contributed by atoms with Crippen LogP contribution < -0.4 is 0 Å². The van der Waals surface area contributed by atoms with Gasteiger partial charge in [-0.2, -0.15) is 0 Å². The average molecular weight is 372 g/mol. The average Bonchev–Trinajstić information content (AvgIpc) is 1.27. The SMILES string of the molecule is O=BO.[Ba+2].[H-].[H-].[O]=[Sb]([OH])([OH])[OH]. The molecule has 4 N–H and O–H groups in total. The molecule has 0 fully saturated rings. The molecule has 0 heterocycles. The molecule has 0 unspecified atom stereocenters. The fourth-order valence-corrected chi connectivity index (χ4v) is 0. The van der Waals surface area contributed by atoms with E-state index >= 15 is 0 Å². The monoisotopic (exact) mass is 372 g/mol. The van der Waals surface area contributed by atoms with Crippen molar-refractivity contribution < 1.29 is 25.8 Å². The van der Waals surface area contributed by atoms with Gasteiger partial charge in [-0.25, -0.2) is 0 Å². The molecule has 0 atom stereocenters. The van der Waals surface area contributed by atoms with Crippen LogP contribution in [0.1, 0.15) is 2.85 Å². The molecule has 0 aliphatic carbocycles. The van der Waals surface area contributed by atoms with Crippen LogP contribution in [-0.2, 0) is 7.72 Å². The fourth-order valence-electron chi connectivity index (χ4n) is 0. The van der Waals surface area contributed by atoms with Crippen molar-refractivity contribution in [1.29, 1.82) is 0 Å². The molecule has 0 radical (unpaired) electrons. The van der Waals surface area contributed by atoms with Gasteiger partial charge in [0.15, 0.2) is 0 Å². The summed E-state index contributed by atoms with van der Waals surface area (Å²) in [5, 5.41) is 6.89. The van der Waals surface area contributed by atoms with Crippen LogP contribution in [-0.4, -0.2) is 91.5 Å². The van der Waals surface area contributed by atoms with E-state index in [-0.39, 0.29) is 59.1 Å². The first-order valence-electron chi connectivity index (χ1n) is 1.28. The molecular weight excluding hydrogens is 366 g/mol. The topological polar surface area (TPSA) is 115 Å². The van der Waals surface area contributed by atoms with Crippen LogP contribution in [0.4, 0.5) is 0 Å². The van der Waals surface area contributed by atoms with Crippen LogP contribution in [0.2, 0.25) is 0 Å². The third kappa shape index (κ3) is 194. The van der Waals surface area contributed by atoms with Crippen molar-refractivity contribution >= 4 is 76.3 Å². The van der Waals surface area contributed by atoms with E-state index in [4.69, 9.17) is 22.9 Å². The molecule has 0 bridgehead atoms. The van der Waals surface area contributed by atoms with E-state index in [0.717, 1.165) is 0 Å². The van der Waals surface area contributed by atoms with Gasteiger partial charge in [-0.3, -0.25) is 0 Å². The molecule has 0 aromatic rings. The maximum absolute atomic E-state index is 8.97. The van der Waals surface area contributed by atoms with Crippen LogP contribution in [0.3, 0.4) is 0 Å². The first kappa shape index (κ1) is 17.0. The molecule has 0 rings (SSSR count). The summed E-state index contributed by atoms with van der Waals surface area (Å²) in [5.74, 6) is 0. The van der Waals surface area contributed by atoms with Crippen LogP contribution >= 0.6 is 0 Å². The molecule has 0 saturated carbocycles. The molecule has 0 saturated heterocycles. The molecule has 0 aliphatic heterocycles. The van der Waals surface area contributed by atoms with Gasteiger partial charge in [-0.05, 0) is 0 Å². The summed E-state index contributed by atoms with van der Waals surface area (Å²) in [5.41, 5.74) is 0. The fraction of sp³-hybridized carbons (Fsp3) is 0. The molecule has 52 valence electrons. The molecule has 6 nitrogen and oxygen atoms in total. The summed E-state index contributed by atoms with van der Waals surface area (Å²) < 4.78 is 39.2. The van der Waals surface area contributed by atoms with E-state index in [2.05, 4.69) is 0 Å². The molecule has 9 heteroatoms. The zero-order valence-electron chi connectivity index (χ0n) is 6.34. The summed E-state index contributed by atoms with van der Waals surface area (Å²) in [7, 11) is -0.250. The van der Waals surface area contributed by atoms with Crippen LogP contribution in [0.25, 0.3) is 0 Å². The normalized spacial score (nSPS) is 7.44. The molecule has 9 heavy (non-hydrogen) atoms. The van der Waals surface area contributed by atoms with E-state index in [1.54, 1.807) is 0 Å². The van der Waals surface area contributed by atoms with Crippen LogP contribution in [0.5, 0.6) is 0 Å². The Balaban J connectivity index is -0.0000000183. The predicted molar refractivity (Wildman–Crippen MR) is 29.7 cm³/mol. The Kier molecular flexibility index (Phi) is 18.4. The number of rotatable bonds is 0. The minimum absolute atomic E-state index is 0. The van der Waals surface area contributed by atoms with Gasteiger partial charge in [-0.1, -0.05) is 0 Å². The van der Waals surface area contributed by atoms with Gasteiger partial charge in [0.25, 0.3) is 0 Å². The Labute approximate surface area is 100 Å². The van der Waals surface area contributed by atoms with Gasteiger partial charge >= 0.3 is 99.2 Å². The van der Waals surface area contributed by atoms with Gasteiger partial charge in [0.2, 0.25) is 0 Å². The second-order valence-electron chi connectivity index (χ2n) is 0.619. The van der Waals surface area contributed by atoms with E-state index in [0.29, 0.717) is 0 Å². The minimum atomic E-state index is -5.35. The molecule has 0 spiro atoms. The summed E-state index contributed by atoms with van der Waals surface area (Å²) >= 11 is -5.35. The van der Waals surface area contributed by atoms with Crippen molar-refractivity contribution in [2.45, 2.75) is 0 Å². The third-order valence-electron chi connectivity index (χ3n) is 0. The van der Waals surface area contributed by atoms with Crippen molar-refractivity contribution in [3.63, 3.8) is 0 Å². The molecule has 0 aromatic carbocycles. The van der Waals surface area contributed by atoms with Gasteiger partial charge in [-0.15, -0.1) is 0 Å². The molecular formula is H6BBaO6Sb. The van der Waals surface area contributed by atoms with Crippen molar-refractivity contribution in [1.82, 2.24) is 0 Å². The van der Waals surface area contributed by atoms with Gasteiger partial charge in [0, 0.05) is 0 Å². The van der Waals surface area contributed by atoms with Gasteiger partial charge in [0.1, 0.15) is 0 Å². The second kappa shape index (κ2) is 9.73. The van der Waals surface area contributed by atoms with Crippen molar-refractivity contribution in [3.05, 3.63) is 0 Å². The van der Waals surface area contributed by atoms with E-state index in [9.17, 15) is 0 Å². The second-order valence-corrected chi connectivity index (χ2v) is 3.55. The zero-order chi connectivity index (χ0) is 7.21. The van der Waals surface area contributed by atoms with Gasteiger partial charge in [0.05, 0.1) is 0 Å². The van der Waals surface area contributed by atoms with Crippen LogP contribution in [0.15, 0.2) is 0 Å². The van der Waals surface area contributed by atoms with E-state index in [1.807, 2.05) is 0 Å². The zero-order valence-corrected chi connectivity index (χ0v) is 11.3. The summed E-state index contributed by atoms with van der Waals surface area (Å²) in [4.78, 5) is 0. The van der Waals surface area contributed by atoms with E-state index < -0.39 is 20.1 Å². The first-order valence-corrected chi connectivity index (χ1v) is 5.74. The first-order chi connectivity index (χ1) is 3.41. The Morgan fingerprint density at radius 2 is 1.33 bits per heavy atom. The number of hydrogen-bond acceptors (Lipinski definition) is 2. The Morgan fingerprint density at radius 1 is 1.33 bits per heavy atom. The Morgan fingerprint density at radius 3 is 1.33 bits per heavy atom. The van der Waals surface area contributed by atoms with Crippen molar-refractivity contribution in [3.8, 4) is 0 Å². The quantitative estimate of drug-likeness (QED) is 0.330. The molecule has 0 amide bonds. The Hall–Kier alpha value is 1.73. The maximum atomic E-state index is 8.97. The Bertz CT molecular complexity index is 94.5. The molecule has 0 aromatic heterocycles. The van der Waals surface area contributed by atoms with Crippen molar-refractivity contribution in [2.24, 2.45) is 0 Å². The van der Waals surface area contributed by atoms with Crippen molar-refractivity contribution in [2.75, 3.05) is 0 Å². The van der Waals surface area contributed by atoms with E-state index in [1.165, 1.54) is 0 Å². The number of hydrogen-bond donors (Lipinski definition) is 4. The molecule has 0 aliphatic rings.